The van der Waals surface area contributed by atoms with Crippen LogP contribution in [0.1, 0.15) is 6.92 Å². The fraction of sp³-hybridized carbons (Fsp3) is 0.211. The van der Waals surface area contributed by atoms with Crippen molar-refractivity contribution in [3.05, 3.63) is 53.9 Å². The standard InChI is InChI=1S/C19H18N2O6/c1-11-17(22)20-15-13(8-6-9-14(15)27-11)21-10-5-4-7-12(18(23)25-2)16(21)19(24)26-3/h4-11H,1-3H3,(H,20,22). The molecule has 140 valence electrons. The predicted octanol–water partition coefficient (Wildman–Crippen LogP) is 1.90. The third kappa shape index (κ3) is 3.29. The average molecular weight is 370 g/mol. The Morgan fingerprint density at radius 1 is 1.15 bits per heavy atom. The highest BCUT2D eigenvalue weighted by Gasteiger charge is 2.32. The highest BCUT2D eigenvalue weighted by atomic mass is 16.5. The molecule has 0 bridgehead atoms. The summed E-state index contributed by atoms with van der Waals surface area (Å²) in [6, 6.07) is 5.11. The first kappa shape index (κ1) is 18.2. The number of nitrogens with zero attached hydrogens (tertiary/aromatic N) is 1. The number of carbonyl (C=O) groups excluding carboxylic acids is 3. The Labute approximate surface area is 155 Å². The minimum Gasteiger partial charge on any atom is -0.479 e. The van der Waals surface area contributed by atoms with Crippen LogP contribution in [-0.4, -0.2) is 38.2 Å². The van der Waals surface area contributed by atoms with Crippen LogP contribution in [0.2, 0.25) is 0 Å². The van der Waals surface area contributed by atoms with Crippen LogP contribution in [0, 0.1) is 0 Å². The van der Waals surface area contributed by atoms with Crippen molar-refractivity contribution in [2.45, 2.75) is 13.0 Å². The number of ether oxygens (including phenoxy) is 3. The minimum absolute atomic E-state index is 0.0170. The molecular formula is C19H18N2O6. The number of para-hydroxylation sites is 1. The van der Waals surface area contributed by atoms with E-state index >= 15 is 0 Å². The lowest BCUT2D eigenvalue weighted by molar-refractivity contribution is -0.139. The first-order valence-corrected chi connectivity index (χ1v) is 8.13. The molecule has 2 aliphatic heterocycles. The van der Waals surface area contributed by atoms with Crippen molar-refractivity contribution < 1.29 is 28.6 Å². The van der Waals surface area contributed by atoms with Gasteiger partial charge >= 0.3 is 11.9 Å². The molecule has 0 fully saturated rings. The first-order chi connectivity index (χ1) is 13.0. The molecule has 1 aromatic carbocycles. The van der Waals surface area contributed by atoms with Gasteiger partial charge in [-0.25, -0.2) is 9.59 Å². The number of carbonyl (C=O) groups is 3. The lowest BCUT2D eigenvalue weighted by Gasteiger charge is -2.30. The second-order valence-electron chi connectivity index (χ2n) is 5.72. The molecule has 1 atom stereocenters. The average Bonchev–Trinajstić information content (AvgIpc) is 2.90. The molecule has 0 spiro atoms. The molecule has 1 aromatic rings. The van der Waals surface area contributed by atoms with Crippen LogP contribution < -0.4 is 15.0 Å². The Morgan fingerprint density at radius 3 is 2.59 bits per heavy atom. The molecule has 0 aliphatic carbocycles. The van der Waals surface area contributed by atoms with Crippen LogP contribution in [0.4, 0.5) is 11.4 Å². The number of methoxy groups -OCH3 is 2. The van der Waals surface area contributed by atoms with E-state index in [2.05, 4.69) is 5.32 Å². The van der Waals surface area contributed by atoms with Crippen LogP contribution in [0.3, 0.4) is 0 Å². The summed E-state index contributed by atoms with van der Waals surface area (Å²) in [5.74, 6) is -1.29. The molecule has 2 aliphatic rings. The quantitative estimate of drug-likeness (QED) is 0.812. The number of esters is 2. The maximum Gasteiger partial charge on any atom is 0.355 e. The van der Waals surface area contributed by atoms with E-state index in [1.165, 1.54) is 25.2 Å². The van der Waals surface area contributed by atoms with E-state index in [9.17, 15) is 14.4 Å². The Morgan fingerprint density at radius 2 is 1.89 bits per heavy atom. The fourth-order valence-electron chi connectivity index (χ4n) is 2.76. The SMILES string of the molecule is COC(=O)C1=C(C(=O)OC)N(c2cccc3c2NC(=O)C(C)O3)C=CC=C1. The predicted molar refractivity (Wildman–Crippen MR) is 97.0 cm³/mol. The monoisotopic (exact) mass is 370 g/mol. The molecule has 1 amide bonds. The van der Waals surface area contributed by atoms with Gasteiger partial charge in [0.15, 0.2) is 6.10 Å². The molecule has 0 aromatic heterocycles. The Kier molecular flexibility index (Phi) is 4.98. The smallest absolute Gasteiger partial charge is 0.355 e. The molecule has 8 heteroatoms. The Hall–Kier alpha value is -3.55. The molecule has 3 rings (SSSR count). The number of benzene rings is 1. The molecule has 27 heavy (non-hydrogen) atoms. The van der Waals surface area contributed by atoms with Crippen molar-refractivity contribution in [1.29, 1.82) is 0 Å². The first-order valence-electron chi connectivity index (χ1n) is 8.13. The van der Waals surface area contributed by atoms with Gasteiger partial charge in [-0.3, -0.25) is 4.79 Å². The number of nitrogens with one attached hydrogen (secondary N) is 1. The van der Waals surface area contributed by atoms with Gasteiger partial charge in [0.2, 0.25) is 0 Å². The fourth-order valence-corrected chi connectivity index (χ4v) is 2.76. The van der Waals surface area contributed by atoms with Crippen molar-refractivity contribution in [3.63, 3.8) is 0 Å². The number of allylic oxidation sites excluding steroid dienone is 2. The van der Waals surface area contributed by atoms with Crippen LogP contribution in [0.5, 0.6) is 5.75 Å². The van der Waals surface area contributed by atoms with Crippen molar-refractivity contribution in [3.8, 4) is 5.75 Å². The highest BCUT2D eigenvalue weighted by Crippen LogP contribution is 2.40. The third-order valence-corrected chi connectivity index (χ3v) is 4.07. The maximum atomic E-state index is 12.5. The van der Waals surface area contributed by atoms with Crippen molar-refractivity contribution >= 4 is 29.2 Å². The van der Waals surface area contributed by atoms with E-state index in [-0.39, 0.29) is 17.2 Å². The Balaban J connectivity index is 2.21. The van der Waals surface area contributed by atoms with Crippen molar-refractivity contribution in [2.75, 3.05) is 24.4 Å². The summed E-state index contributed by atoms with van der Waals surface area (Å²) < 4.78 is 15.3. The van der Waals surface area contributed by atoms with E-state index in [0.717, 1.165) is 0 Å². The second kappa shape index (κ2) is 7.36. The van der Waals surface area contributed by atoms with Gasteiger partial charge in [0.1, 0.15) is 17.1 Å². The summed E-state index contributed by atoms with van der Waals surface area (Å²) in [6.45, 7) is 1.63. The highest BCUT2D eigenvalue weighted by molar-refractivity contribution is 6.08. The molecule has 8 nitrogen and oxygen atoms in total. The topological polar surface area (TPSA) is 94.2 Å². The number of hydrogen-bond acceptors (Lipinski definition) is 7. The number of fused-ring (bicyclic) bond motifs is 1. The van der Waals surface area contributed by atoms with Crippen LogP contribution in [0.25, 0.3) is 0 Å². The Bertz CT molecular complexity index is 899. The largest absolute Gasteiger partial charge is 0.479 e. The molecule has 1 unspecified atom stereocenters. The van der Waals surface area contributed by atoms with Crippen molar-refractivity contribution in [2.24, 2.45) is 0 Å². The van der Waals surface area contributed by atoms with Gasteiger partial charge in [-0.2, -0.15) is 0 Å². The summed E-state index contributed by atoms with van der Waals surface area (Å²) in [7, 11) is 2.44. The zero-order chi connectivity index (χ0) is 19.6. The van der Waals surface area contributed by atoms with E-state index in [1.807, 2.05) is 0 Å². The van der Waals surface area contributed by atoms with Gasteiger partial charge in [-0.05, 0) is 31.2 Å². The summed E-state index contributed by atoms with van der Waals surface area (Å²) >= 11 is 0. The number of hydrogen-bond donors (Lipinski definition) is 1. The summed E-state index contributed by atoms with van der Waals surface area (Å²) in [6.07, 6.45) is 5.64. The van der Waals surface area contributed by atoms with Gasteiger partial charge in [-0.1, -0.05) is 12.1 Å². The number of rotatable bonds is 3. The number of anilines is 2. The summed E-state index contributed by atoms with van der Waals surface area (Å²) in [5, 5.41) is 2.78. The van der Waals surface area contributed by atoms with Crippen LogP contribution in [0.15, 0.2) is 53.9 Å². The van der Waals surface area contributed by atoms with Crippen LogP contribution >= 0.6 is 0 Å². The number of amides is 1. The minimum atomic E-state index is -0.736. The third-order valence-electron chi connectivity index (χ3n) is 4.07. The van der Waals surface area contributed by atoms with E-state index < -0.39 is 18.0 Å². The lowest BCUT2D eigenvalue weighted by atomic mass is 10.1. The molecule has 1 N–H and O–H groups in total. The molecule has 2 heterocycles. The molecular weight excluding hydrogens is 352 g/mol. The zero-order valence-electron chi connectivity index (χ0n) is 15.0. The molecule has 0 saturated carbocycles. The van der Waals surface area contributed by atoms with E-state index in [1.54, 1.807) is 43.5 Å². The van der Waals surface area contributed by atoms with Gasteiger partial charge in [0.25, 0.3) is 5.91 Å². The van der Waals surface area contributed by atoms with Gasteiger partial charge in [-0.15, -0.1) is 0 Å². The van der Waals surface area contributed by atoms with E-state index in [4.69, 9.17) is 14.2 Å². The normalized spacial score (nSPS) is 18.3. The maximum absolute atomic E-state index is 12.5. The molecule has 0 radical (unpaired) electrons. The van der Waals surface area contributed by atoms with Crippen LogP contribution in [-0.2, 0) is 23.9 Å². The summed E-state index contributed by atoms with van der Waals surface area (Å²) in [4.78, 5) is 38.3. The zero-order valence-corrected chi connectivity index (χ0v) is 15.0. The van der Waals surface area contributed by atoms with Crippen molar-refractivity contribution in [1.82, 2.24) is 0 Å². The van der Waals surface area contributed by atoms with Gasteiger partial charge in [0.05, 0.1) is 25.5 Å². The lowest BCUT2D eigenvalue weighted by Crippen LogP contribution is -2.35. The summed E-state index contributed by atoms with van der Waals surface area (Å²) in [5.41, 5.74) is 0.797. The molecule has 0 saturated heterocycles. The second-order valence-corrected chi connectivity index (χ2v) is 5.72. The van der Waals surface area contributed by atoms with E-state index in [0.29, 0.717) is 17.1 Å². The van der Waals surface area contributed by atoms with Gasteiger partial charge in [0, 0.05) is 6.20 Å². The van der Waals surface area contributed by atoms with Gasteiger partial charge < -0.3 is 24.4 Å².